The third kappa shape index (κ3) is 5.03. The summed E-state index contributed by atoms with van der Waals surface area (Å²) in [5.41, 5.74) is 3.23. The fraction of sp³-hybridized carbons (Fsp3) is 0.154. The molecule has 0 saturated heterocycles. The zero-order chi connectivity index (χ0) is 22.5. The molecule has 32 heavy (non-hydrogen) atoms. The first-order valence-electron chi connectivity index (χ1n) is 10.3. The minimum Gasteiger partial charge on any atom is -0.489 e. The predicted octanol–water partition coefficient (Wildman–Crippen LogP) is 5.31. The van der Waals surface area contributed by atoms with Crippen molar-refractivity contribution in [2.75, 3.05) is 5.32 Å². The third-order valence-electron chi connectivity index (χ3n) is 5.26. The molecule has 6 heteroatoms. The van der Waals surface area contributed by atoms with Gasteiger partial charge in [0.25, 0.3) is 0 Å². The fourth-order valence-electron chi connectivity index (χ4n) is 3.76. The van der Waals surface area contributed by atoms with E-state index in [0.29, 0.717) is 17.0 Å². The average Bonchev–Trinajstić information content (AvgIpc) is 2.78. The van der Waals surface area contributed by atoms with Gasteiger partial charge >= 0.3 is 0 Å². The molecule has 3 aromatic rings. The van der Waals surface area contributed by atoms with Crippen molar-refractivity contribution in [3.05, 3.63) is 102 Å². The van der Waals surface area contributed by atoms with Gasteiger partial charge in [-0.2, -0.15) is 0 Å². The maximum absolute atomic E-state index is 13.3. The van der Waals surface area contributed by atoms with Crippen molar-refractivity contribution in [3.63, 3.8) is 0 Å². The van der Waals surface area contributed by atoms with Gasteiger partial charge in [0.15, 0.2) is 0 Å². The van der Waals surface area contributed by atoms with Gasteiger partial charge in [-0.15, -0.1) is 0 Å². The summed E-state index contributed by atoms with van der Waals surface area (Å²) >= 11 is 0. The number of anilines is 1. The Bertz CT molecular complexity index is 1170. The molecular weight excluding hydrogens is 407 g/mol. The summed E-state index contributed by atoms with van der Waals surface area (Å²) in [6.07, 6.45) is 3.73. The van der Waals surface area contributed by atoms with Crippen LogP contribution in [-0.2, 0) is 16.2 Å². The number of halogens is 1. The maximum atomic E-state index is 13.3. The minimum atomic E-state index is -0.374. The normalized spacial score (nSPS) is 14.6. The molecule has 0 fully saturated rings. The number of ether oxygens (including phenoxy) is 1. The van der Waals surface area contributed by atoms with Crippen LogP contribution in [-0.4, -0.2) is 16.7 Å². The van der Waals surface area contributed by atoms with Crippen LogP contribution in [0.2, 0.25) is 0 Å². The third-order valence-corrected chi connectivity index (χ3v) is 5.26. The Kier molecular flexibility index (Phi) is 6.31. The molecule has 1 atom stereocenters. The van der Waals surface area contributed by atoms with Gasteiger partial charge in [0.2, 0.25) is 11.8 Å². The van der Waals surface area contributed by atoms with E-state index in [2.05, 4.69) is 5.32 Å². The highest BCUT2D eigenvalue weighted by Crippen LogP contribution is 2.33. The summed E-state index contributed by atoms with van der Waals surface area (Å²) in [5.74, 6) is -0.0934. The van der Waals surface area contributed by atoms with Gasteiger partial charge in [-0.25, -0.2) is 4.39 Å². The number of benzene rings is 3. The number of carbonyl (C=O) groups excluding carboxylic acids is 2. The number of carbonyl (C=O) groups is 2. The van der Waals surface area contributed by atoms with E-state index in [9.17, 15) is 14.0 Å². The number of hydrogen-bond donors (Lipinski definition) is 1. The molecule has 1 heterocycles. The second-order valence-electron chi connectivity index (χ2n) is 7.59. The molecular formula is C26H23FN2O3. The monoisotopic (exact) mass is 430 g/mol. The Balaban J connectivity index is 1.43. The van der Waals surface area contributed by atoms with E-state index in [4.69, 9.17) is 4.74 Å². The van der Waals surface area contributed by atoms with E-state index in [1.165, 1.54) is 19.1 Å². The molecule has 0 spiro atoms. The summed E-state index contributed by atoms with van der Waals surface area (Å²) in [7, 11) is 0. The van der Waals surface area contributed by atoms with Gasteiger partial charge in [0, 0.05) is 24.9 Å². The van der Waals surface area contributed by atoms with Crippen LogP contribution in [0.1, 0.15) is 36.1 Å². The second kappa shape index (κ2) is 9.47. The van der Waals surface area contributed by atoms with Crippen molar-refractivity contribution in [1.82, 2.24) is 4.90 Å². The maximum Gasteiger partial charge on any atom is 0.226 e. The van der Waals surface area contributed by atoms with Crippen molar-refractivity contribution in [2.45, 2.75) is 26.0 Å². The summed E-state index contributed by atoms with van der Waals surface area (Å²) in [5, 5.41) is 2.89. The molecule has 0 aromatic heterocycles. The molecule has 5 nitrogen and oxygen atoms in total. The molecule has 1 aliphatic heterocycles. The number of hydrogen-bond acceptors (Lipinski definition) is 3. The summed E-state index contributed by atoms with van der Waals surface area (Å²) in [6.45, 7) is 1.70. The van der Waals surface area contributed by atoms with Gasteiger partial charge in [-0.3, -0.25) is 9.59 Å². The Morgan fingerprint density at radius 2 is 1.84 bits per heavy atom. The fourth-order valence-corrected chi connectivity index (χ4v) is 3.76. The van der Waals surface area contributed by atoms with Crippen LogP contribution in [0.25, 0.3) is 6.08 Å². The molecule has 1 unspecified atom stereocenters. The summed E-state index contributed by atoms with van der Waals surface area (Å²) in [4.78, 5) is 26.5. The molecule has 0 aliphatic carbocycles. The highest BCUT2D eigenvalue weighted by atomic mass is 19.1. The van der Waals surface area contributed by atoms with E-state index in [-0.39, 0.29) is 36.7 Å². The van der Waals surface area contributed by atoms with Crippen molar-refractivity contribution < 1.29 is 18.7 Å². The number of nitrogens with one attached hydrogen (secondary N) is 1. The van der Waals surface area contributed by atoms with Crippen LogP contribution in [0.15, 0.2) is 79.0 Å². The van der Waals surface area contributed by atoms with Gasteiger partial charge in [0.1, 0.15) is 18.2 Å². The quantitative estimate of drug-likeness (QED) is 0.577. The topological polar surface area (TPSA) is 58.6 Å². The first-order valence-corrected chi connectivity index (χ1v) is 10.3. The van der Waals surface area contributed by atoms with Crippen molar-refractivity contribution in [1.29, 1.82) is 0 Å². The van der Waals surface area contributed by atoms with Crippen LogP contribution >= 0.6 is 0 Å². The Morgan fingerprint density at radius 3 is 2.66 bits per heavy atom. The largest absolute Gasteiger partial charge is 0.489 e. The predicted molar refractivity (Wildman–Crippen MR) is 121 cm³/mol. The Morgan fingerprint density at radius 1 is 1.03 bits per heavy atom. The van der Waals surface area contributed by atoms with Crippen molar-refractivity contribution in [2.24, 2.45) is 0 Å². The molecule has 1 aliphatic rings. The smallest absolute Gasteiger partial charge is 0.226 e. The van der Waals surface area contributed by atoms with Crippen LogP contribution < -0.4 is 10.1 Å². The van der Waals surface area contributed by atoms with Crippen LogP contribution in [0, 0.1) is 5.82 Å². The van der Waals surface area contributed by atoms with E-state index in [0.717, 1.165) is 11.1 Å². The minimum absolute atomic E-state index is 0.120. The Labute approximate surface area is 186 Å². The lowest BCUT2D eigenvalue weighted by molar-refractivity contribution is -0.129. The van der Waals surface area contributed by atoms with Gasteiger partial charge in [-0.05, 0) is 47.0 Å². The van der Waals surface area contributed by atoms with E-state index < -0.39 is 0 Å². The highest BCUT2D eigenvalue weighted by Gasteiger charge is 2.28. The average molecular weight is 430 g/mol. The first kappa shape index (κ1) is 21.3. The van der Waals surface area contributed by atoms with Crippen LogP contribution in [0.4, 0.5) is 10.1 Å². The molecule has 3 aromatic carbocycles. The lowest BCUT2D eigenvalue weighted by atomic mass is 9.93. The van der Waals surface area contributed by atoms with E-state index >= 15 is 0 Å². The summed E-state index contributed by atoms with van der Waals surface area (Å²) < 4.78 is 19.1. The van der Waals surface area contributed by atoms with Crippen molar-refractivity contribution >= 4 is 23.6 Å². The van der Waals surface area contributed by atoms with E-state index in [1.54, 1.807) is 47.5 Å². The Hall–Kier alpha value is -3.93. The lowest BCUT2D eigenvalue weighted by Gasteiger charge is -2.32. The van der Waals surface area contributed by atoms with Gasteiger partial charge in [-0.1, -0.05) is 42.5 Å². The molecule has 2 amide bonds. The number of amides is 2. The van der Waals surface area contributed by atoms with Crippen LogP contribution in [0.3, 0.4) is 0 Å². The number of nitrogens with zero attached hydrogens (tertiary/aromatic N) is 1. The first-order chi connectivity index (χ1) is 15.5. The second-order valence-corrected chi connectivity index (χ2v) is 7.59. The van der Waals surface area contributed by atoms with Gasteiger partial charge in [0.05, 0.1) is 12.5 Å². The molecule has 0 saturated carbocycles. The standard InChI is InChI=1S/C26H23FN2O3/c1-18(30)29-13-12-20-7-2-3-11-24(20)25(29)16-26(31)28-22-9-5-10-23(15-22)32-17-19-6-4-8-21(27)14-19/h2-15,25H,16-17H2,1H3,(H,28,31). The molecule has 1 N–H and O–H groups in total. The summed E-state index contributed by atoms with van der Waals surface area (Å²) in [6, 6.07) is 20.6. The van der Waals surface area contributed by atoms with Gasteiger partial charge < -0.3 is 15.0 Å². The SMILES string of the molecule is CC(=O)N1C=Cc2ccccc2C1CC(=O)Nc1cccc(OCc2cccc(F)c2)c1. The van der Waals surface area contributed by atoms with E-state index in [1.807, 2.05) is 30.3 Å². The number of rotatable bonds is 6. The lowest BCUT2D eigenvalue weighted by Crippen LogP contribution is -2.33. The van der Waals surface area contributed by atoms with Crippen LogP contribution in [0.5, 0.6) is 5.75 Å². The number of fused-ring (bicyclic) bond motifs is 1. The molecule has 162 valence electrons. The zero-order valence-electron chi connectivity index (χ0n) is 17.6. The highest BCUT2D eigenvalue weighted by molar-refractivity contribution is 5.92. The van der Waals surface area contributed by atoms with Crippen molar-refractivity contribution in [3.8, 4) is 5.75 Å². The molecule has 0 bridgehead atoms. The molecule has 4 rings (SSSR count). The molecule has 0 radical (unpaired) electrons. The zero-order valence-corrected chi connectivity index (χ0v) is 17.6.